The van der Waals surface area contributed by atoms with Gasteiger partial charge in [-0.05, 0) is 86.6 Å². The summed E-state index contributed by atoms with van der Waals surface area (Å²) in [5.41, 5.74) is 3.83. The predicted octanol–water partition coefficient (Wildman–Crippen LogP) is 7.35. The van der Waals surface area contributed by atoms with E-state index < -0.39 is 29.1 Å². The molecule has 41 heavy (non-hydrogen) atoms. The van der Waals surface area contributed by atoms with Crippen LogP contribution in [0.5, 0.6) is 11.5 Å². The second-order valence-corrected chi connectivity index (χ2v) is 11.2. The molecule has 212 valence electrons. The van der Waals surface area contributed by atoms with Crippen LogP contribution in [0.15, 0.2) is 79.4 Å². The quantitative estimate of drug-likeness (QED) is 0.164. The molecule has 3 aromatic rings. The summed E-state index contributed by atoms with van der Waals surface area (Å²) >= 11 is 0. The molecule has 0 amide bonds. The summed E-state index contributed by atoms with van der Waals surface area (Å²) in [6.07, 6.45) is 2.81. The number of carbonyl (C=O) groups is 3. The first-order valence-corrected chi connectivity index (χ1v) is 13.3. The Kier molecular flexibility index (Phi) is 8.57. The molecule has 6 nitrogen and oxygen atoms in total. The lowest BCUT2D eigenvalue weighted by Gasteiger charge is -2.17. The summed E-state index contributed by atoms with van der Waals surface area (Å²) in [5.74, 6) is -1.57. The summed E-state index contributed by atoms with van der Waals surface area (Å²) in [6, 6.07) is 15.3. The van der Waals surface area contributed by atoms with Gasteiger partial charge in [-0.1, -0.05) is 43.5 Å². The topological polar surface area (TPSA) is 78.9 Å². The summed E-state index contributed by atoms with van der Waals surface area (Å²) in [5, 5.41) is 0. The molecule has 1 aliphatic carbocycles. The van der Waals surface area contributed by atoms with Crippen molar-refractivity contribution < 1.29 is 33.0 Å². The van der Waals surface area contributed by atoms with Gasteiger partial charge in [0.15, 0.2) is 0 Å². The van der Waals surface area contributed by atoms with Gasteiger partial charge in [-0.3, -0.25) is 4.79 Å². The van der Waals surface area contributed by atoms with Gasteiger partial charge in [0.2, 0.25) is 0 Å². The highest BCUT2D eigenvalue weighted by Crippen LogP contribution is 2.38. The Balaban J connectivity index is 1.63. The van der Waals surface area contributed by atoms with Crippen molar-refractivity contribution in [3.63, 3.8) is 0 Å². The molecule has 1 atom stereocenters. The van der Waals surface area contributed by atoms with E-state index in [-0.39, 0.29) is 29.6 Å². The van der Waals surface area contributed by atoms with E-state index in [0.29, 0.717) is 16.7 Å². The molecule has 1 aliphatic rings. The fraction of sp³-hybridized carbons (Fsp3) is 0.265. The van der Waals surface area contributed by atoms with Gasteiger partial charge in [0, 0.05) is 29.2 Å². The second-order valence-electron chi connectivity index (χ2n) is 11.2. The molecule has 0 aromatic heterocycles. The molecule has 0 heterocycles. The van der Waals surface area contributed by atoms with Crippen LogP contribution in [0.4, 0.5) is 4.39 Å². The zero-order valence-corrected chi connectivity index (χ0v) is 23.7. The normalized spacial score (nSPS) is 14.1. The SMILES string of the molecule is C=CC(=O)OCC1CCc2cc(-c3ccc(-c4cc(OC(=O)C(=C)C)cc(OC(=O)C(C)(C)C)c4)cc3F)ccc21. The number of aryl methyl sites for hydroxylation is 1. The molecular formula is C34H33FO6. The minimum Gasteiger partial charge on any atom is -0.462 e. The zero-order chi connectivity index (χ0) is 29.9. The lowest BCUT2D eigenvalue weighted by Crippen LogP contribution is -2.25. The minimum atomic E-state index is -0.760. The first-order chi connectivity index (χ1) is 19.3. The van der Waals surface area contributed by atoms with E-state index >= 15 is 4.39 Å². The van der Waals surface area contributed by atoms with Crippen molar-refractivity contribution in [2.24, 2.45) is 5.41 Å². The highest BCUT2D eigenvalue weighted by Gasteiger charge is 2.26. The Hall–Kier alpha value is -4.52. The molecule has 0 radical (unpaired) electrons. The van der Waals surface area contributed by atoms with E-state index in [4.69, 9.17) is 14.2 Å². The predicted molar refractivity (Wildman–Crippen MR) is 155 cm³/mol. The second kappa shape index (κ2) is 11.9. The fourth-order valence-corrected chi connectivity index (χ4v) is 4.53. The van der Waals surface area contributed by atoms with E-state index in [1.54, 1.807) is 45.0 Å². The highest BCUT2D eigenvalue weighted by atomic mass is 19.1. The Bertz CT molecular complexity index is 1550. The maximum absolute atomic E-state index is 15.5. The van der Waals surface area contributed by atoms with Crippen LogP contribution >= 0.6 is 0 Å². The fourth-order valence-electron chi connectivity index (χ4n) is 4.53. The van der Waals surface area contributed by atoms with Gasteiger partial charge in [0.1, 0.15) is 17.3 Å². The van der Waals surface area contributed by atoms with Gasteiger partial charge in [0.25, 0.3) is 0 Å². The van der Waals surface area contributed by atoms with Crippen LogP contribution in [0.2, 0.25) is 0 Å². The number of rotatable bonds is 8. The lowest BCUT2D eigenvalue weighted by atomic mass is 9.95. The minimum absolute atomic E-state index is 0.100. The van der Waals surface area contributed by atoms with E-state index in [0.717, 1.165) is 35.6 Å². The number of carbonyl (C=O) groups excluding carboxylic acids is 3. The number of hydrogen-bond donors (Lipinski definition) is 0. The van der Waals surface area contributed by atoms with E-state index in [1.165, 1.54) is 19.1 Å². The van der Waals surface area contributed by atoms with Crippen molar-refractivity contribution in [2.75, 3.05) is 6.61 Å². The molecule has 0 bridgehead atoms. The van der Waals surface area contributed by atoms with Crippen molar-refractivity contribution in [2.45, 2.75) is 46.5 Å². The van der Waals surface area contributed by atoms with Crippen molar-refractivity contribution in [1.29, 1.82) is 0 Å². The van der Waals surface area contributed by atoms with Gasteiger partial charge in [-0.25, -0.2) is 14.0 Å². The zero-order valence-electron chi connectivity index (χ0n) is 23.7. The molecule has 3 aromatic carbocycles. The largest absolute Gasteiger partial charge is 0.462 e. The van der Waals surface area contributed by atoms with Crippen molar-refractivity contribution in [1.82, 2.24) is 0 Å². The van der Waals surface area contributed by atoms with Crippen molar-refractivity contribution in [3.05, 3.63) is 96.3 Å². The molecule has 0 saturated carbocycles. The molecule has 4 rings (SSSR count). The smallest absolute Gasteiger partial charge is 0.338 e. The molecule has 0 saturated heterocycles. The monoisotopic (exact) mass is 556 g/mol. The lowest BCUT2D eigenvalue weighted by molar-refractivity contribution is -0.143. The Morgan fingerprint density at radius 1 is 0.951 bits per heavy atom. The number of esters is 3. The summed E-state index contributed by atoms with van der Waals surface area (Å²) < 4.78 is 31.7. The van der Waals surface area contributed by atoms with Gasteiger partial charge in [-0.2, -0.15) is 0 Å². The molecule has 0 fully saturated rings. The third kappa shape index (κ3) is 6.98. The number of ether oxygens (including phenoxy) is 3. The Morgan fingerprint density at radius 3 is 2.27 bits per heavy atom. The first kappa shape index (κ1) is 29.5. The van der Waals surface area contributed by atoms with Gasteiger partial charge in [0.05, 0.1) is 12.0 Å². The van der Waals surface area contributed by atoms with Crippen LogP contribution in [0, 0.1) is 11.2 Å². The van der Waals surface area contributed by atoms with Gasteiger partial charge < -0.3 is 14.2 Å². The third-order valence-electron chi connectivity index (χ3n) is 6.81. The van der Waals surface area contributed by atoms with Crippen molar-refractivity contribution in [3.8, 4) is 33.8 Å². The van der Waals surface area contributed by atoms with E-state index in [9.17, 15) is 14.4 Å². The number of benzene rings is 3. The molecule has 0 N–H and O–H groups in total. The molecule has 1 unspecified atom stereocenters. The van der Waals surface area contributed by atoms with Crippen LogP contribution in [-0.2, 0) is 25.5 Å². The molecular weight excluding hydrogens is 523 g/mol. The maximum Gasteiger partial charge on any atom is 0.338 e. The van der Waals surface area contributed by atoms with Gasteiger partial charge >= 0.3 is 17.9 Å². The van der Waals surface area contributed by atoms with Crippen LogP contribution in [0.1, 0.15) is 51.2 Å². The average Bonchev–Trinajstić information content (AvgIpc) is 3.33. The van der Waals surface area contributed by atoms with Crippen molar-refractivity contribution >= 4 is 17.9 Å². The third-order valence-corrected chi connectivity index (χ3v) is 6.81. The number of hydrogen-bond acceptors (Lipinski definition) is 6. The summed E-state index contributed by atoms with van der Waals surface area (Å²) in [7, 11) is 0. The number of fused-ring (bicyclic) bond motifs is 1. The standard InChI is InChI=1S/C34H33FO6/c1-7-31(36)39-19-24-9-8-22-14-23(11-12-28(22)24)29-13-10-21(17-30(29)35)25-15-26(40-32(37)20(2)3)18-27(16-25)41-33(38)34(4,5)6/h7,10-18,24H,1-2,8-9,19H2,3-6H3. The molecule has 0 spiro atoms. The maximum atomic E-state index is 15.5. The van der Waals surface area contributed by atoms with Gasteiger partial charge in [-0.15, -0.1) is 0 Å². The average molecular weight is 557 g/mol. The number of halogens is 1. The van der Waals surface area contributed by atoms with E-state index in [2.05, 4.69) is 13.2 Å². The van der Waals surface area contributed by atoms with Crippen LogP contribution < -0.4 is 9.47 Å². The van der Waals surface area contributed by atoms with E-state index in [1.807, 2.05) is 18.2 Å². The summed E-state index contributed by atoms with van der Waals surface area (Å²) in [6.45, 7) is 14.0. The Labute approximate surface area is 239 Å². The van der Waals surface area contributed by atoms with Crippen LogP contribution in [0.25, 0.3) is 22.3 Å². The summed E-state index contributed by atoms with van der Waals surface area (Å²) in [4.78, 5) is 36.2. The van der Waals surface area contributed by atoms with Crippen LogP contribution in [0.3, 0.4) is 0 Å². The highest BCUT2D eigenvalue weighted by molar-refractivity contribution is 5.89. The van der Waals surface area contributed by atoms with Crippen LogP contribution in [-0.4, -0.2) is 24.5 Å². The Morgan fingerprint density at radius 2 is 1.63 bits per heavy atom. The first-order valence-electron chi connectivity index (χ1n) is 13.3. The molecule has 7 heteroatoms. The molecule has 0 aliphatic heterocycles.